The minimum absolute atomic E-state index is 0.243. The second-order valence-corrected chi connectivity index (χ2v) is 9.16. The third-order valence-corrected chi connectivity index (χ3v) is 6.33. The van der Waals surface area contributed by atoms with Gasteiger partial charge in [-0.25, -0.2) is 8.42 Å². The third kappa shape index (κ3) is 3.19. The predicted molar refractivity (Wildman–Crippen MR) is 102 cm³/mol. The van der Waals surface area contributed by atoms with Crippen molar-refractivity contribution in [2.45, 2.75) is 24.9 Å². The van der Waals surface area contributed by atoms with Gasteiger partial charge in [0, 0.05) is 17.7 Å². The van der Waals surface area contributed by atoms with E-state index in [0.29, 0.717) is 30.9 Å². The average Bonchev–Trinajstić information content (AvgIpc) is 3.20. The van der Waals surface area contributed by atoms with Crippen molar-refractivity contribution in [1.82, 2.24) is 4.98 Å². The van der Waals surface area contributed by atoms with E-state index in [-0.39, 0.29) is 5.91 Å². The van der Waals surface area contributed by atoms with E-state index in [4.69, 9.17) is 4.74 Å². The van der Waals surface area contributed by atoms with Crippen molar-refractivity contribution in [2.75, 3.05) is 29.0 Å². The van der Waals surface area contributed by atoms with Gasteiger partial charge in [-0.1, -0.05) is 18.2 Å². The van der Waals surface area contributed by atoms with Gasteiger partial charge in [-0.05, 0) is 37.1 Å². The van der Waals surface area contributed by atoms with E-state index in [9.17, 15) is 13.2 Å². The number of benzene rings is 1. The fourth-order valence-corrected chi connectivity index (χ4v) is 4.84. The molecule has 1 spiro atoms. The van der Waals surface area contributed by atoms with Gasteiger partial charge in [-0.15, -0.1) is 0 Å². The number of pyridine rings is 1. The summed E-state index contributed by atoms with van der Waals surface area (Å²) in [6.45, 7) is 2.47. The number of amides is 1. The Labute approximate surface area is 158 Å². The number of nitrogens with zero attached hydrogens (tertiary/aromatic N) is 2. The van der Waals surface area contributed by atoms with Crippen molar-refractivity contribution < 1.29 is 17.9 Å². The van der Waals surface area contributed by atoms with E-state index >= 15 is 0 Å². The molecule has 1 fully saturated rings. The van der Waals surface area contributed by atoms with E-state index in [1.807, 2.05) is 31.2 Å². The molecule has 0 aliphatic carbocycles. The Balaban J connectivity index is 1.56. The van der Waals surface area contributed by atoms with Crippen molar-refractivity contribution in [2.24, 2.45) is 0 Å². The molecule has 1 saturated heterocycles. The fourth-order valence-electron chi connectivity index (χ4n) is 3.84. The summed E-state index contributed by atoms with van der Waals surface area (Å²) in [6.07, 6.45) is 2.60. The number of carbonyl (C=O) groups is 1. The molecule has 1 aromatic carbocycles. The van der Waals surface area contributed by atoms with E-state index in [1.165, 1.54) is 10.6 Å². The summed E-state index contributed by atoms with van der Waals surface area (Å²) < 4.78 is 31.7. The van der Waals surface area contributed by atoms with Gasteiger partial charge in [0.15, 0.2) is 0 Å². The van der Waals surface area contributed by atoms with Crippen LogP contribution in [0.15, 0.2) is 42.6 Å². The molecule has 1 aromatic heterocycles. The summed E-state index contributed by atoms with van der Waals surface area (Å²) in [6, 6.07) is 11.0. The molecule has 1 amide bonds. The zero-order valence-corrected chi connectivity index (χ0v) is 16.0. The van der Waals surface area contributed by atoms with Gasteiger partial charge in [0.1, 0.15) is 6.10 Å². The third-order valence-electron chi connectivity index (χ3n) is 5.20. The van der Waals surface area contributed by atoms with Gasteiger partial charge in [0.05, 0.1) is 30.4 Å². The van der Waals surface area contributed by atoms with Crippen LogP contribution in [0.25, 0.3) is 0 Å². The molecular formula is C19H21N3O4S. The number of aryl methyl sites for hydroxylation is 1. The Morgan fingerprint density at radius 3 is 2.78 bits per heavy atom. The van der Waals surface area contributed by atoms with Gasteiger partial charge in [-0.2, -0.15) is 0 Å². The molecule has 3 heterocycles. The summed E-state index contributed by atoms with van der Waals surface area (Å²) >= 11 is 0. The van der Waals surface area contributed by atoms with E-state index in [1.54, 1.807) is 18.3 Å². The number of hydrogen-bond acceptors (Lipinski definition) is 5. The number of sulfonamides is 1. The van der Waals surface area contributed by atoms with Gasteiger partial charge in [0.2, 0.25) is 10.0 Å². The van der Waals surface area contributed by atoms with Crippen molar-refractivity contribution in [3.05, 3.63) is 53.9 Å². The van der Waals surface area contributed by atoms with Crippen LogP contribution in [-0.2, 0) is 25.0 Å². The molecule has 0 bridgehead atoms. The van der Waals surface area contributed by atoms with Crippen LogP contribution in [-0.4, -0.2) is 44.8 Å². The summed E-state index contributed by atoms with van der Waals surface area (Å²) in [7, 11) is -3.40. The van der Waals surface area contributed by atoms with Crippen LogP contribution in [0, 0.1) is 6.92 Å². The lowest BCUT2D eigenvalue weighted by Gasteiger charge is -2.23. The molecule has 0 saturated carbocycles. The molecular weight excluding hydrogens is 366 g/mol. The standard InChI is InChI=1S/C19H21N3O4S/c1-13-7-8-14(10-20-13)21-18(23)17-9-19(12-26-17)11-22(27(2,24)25)16-6-4-3-5-15(16)19/h3-8,10,17H,9,11-12H2,1-2H3,(H,21,23)/t17-,19-/m0/s1. The van der Waals surface area contributed by atoms with Gasteiger partial charge < -0.3 is 10.1 Å². The highest BCUT2D eigenvalue weighted by Crippen LogP contribution is 2.48. The predicted octanol–water partition coefficient (Wildman–Crippen LogP) is 1.84. The molecule has 7 nitrogen and oxygen atoms in total. The van der Waals surface area contributed by atoms with Crippen molar-refractivity contribution >= 4 is 27.3 Å². The topological polar surface area (TPSA) is 88.6 Å². The maximum absolute atomic E-state index is 12.6. The minimum Gasteiger partial charge on any atom is -0.367 e. The quantitative estimate of drug-likeness (QED) is 0.868. The molecule has 2 aromatic rings. The lowest BCUT2D eigenvalue weighted by Crippen LogP contribution is -2.37. The lowest BCUT2D eigenvalue weighted by atomic mass is 9.80. The molecule has 1 N–H and O–H groups in total. The number of fused-ring (bicyclic) bond motifs is 2. The number of carbonyl (C=O) groups excluding carboxylic acids is 1. The van der Waals surface area contributed by atoms with Crippen molar-refractivity contribution in [3.8, 4) is 0 Å². The Bertz CT molecular complexity index is 990. The number of ether oxygens (including phenoxy) is 1. The fraction of sp³-hybridized carbons (Fsp3) is 0.368. The summed E-state index contributed by atoms with van der Waals surface area (Å²) in [5, 5.41) is 2.82. The van der Waals surface area contributed by atoms with Crippen LogP contribution in [0.3, 0.4) is 0 Å². The number of anilines is 2. The van der Waals surface area contributed by atoms with Crippen LogP contribution in [0.1, 0.15) is 17.7 Å². The zero-order valence-electron chi connectivity index (χ0n) is 15.2. The maximum Gasteiger partial charge on any atom is 0.253 e. The van der Waals surface area contributed by atoms with Crippen LogP contribution in [0.4, 0.5) is 11.4 Å². The van der Waals surface area contributed by atoms with Crippen molar-refractivity contribution in [1.29, 1.82) is 0 Å². The first-order valence-electron chi connectivity index (χ1n) is 8.71. The van der Waals surface area contributed by atoms with E-state index in [2.05, 4.69) is 10.3 Å². The largest absolute Gasteiger partial charge is 0.367 e. The number of aromatic nitrogens is 1. The Hall–Kier alpha value is -2.45. The molecule has 0 radical (unpaired) electrons. The smallest absolute Gasteiger partial charge is 0.253 e. The highest BCUT2D eigenvalue weighted by molar-refractivity contribution is 7.92. The second kappa shape index (κ2) is 6.31. The molecule has 2 atom stereocenters. The zero-order chi connectivity index (χ0) is 19.2. The molecule has 8 heteroatoms. The maximum atomic E-state index is 12.6. The molecule has 27 heavy (non-hydrogen) atoms. The molecule has 2 aliphatic rings. The number of hydrogen-bond donors (Lipinski definition) is 1. The monoisotopic (exact) mass is 387 g/mol. The summed E-state index contributed by atoms with van der Waals surface area (Å²) in [5.74, 6) is -0.243. The van der Waals surface area contributed by atoms with Crippen LogP contribution in [0.5, 0.6) is 0 Å². The Morgan fingerprint density at radius 2 is 2.07 bits per heavy atom. The molecule has 2 aliphatic heterocycles. The van der Waals surface area contributed by atoms with E-state index in [0.717, 1.165) is 11.3 Å². The Kier molecular flexibility index (Phi) is 4.20. The summed E-state index contributed by atoms with van der Waals surface area (Å²) in [4.78, 5) is 16.8. The van der Waals surface area contributed by atoms with Crippen LogP contribution >= 0.6 is 0 Å². The average molecular weight is 387 g/mol. The number of rotatable bonds is 3. The van der Waals surface area contributed by atoms with Crippen LogP contribution < -0.4 is 9.62 Å². The molecule has 0 unspecified atom stereocenters. The summed E-state index contributed by atoms with van der Waals surface area (Å²) in [5.41, 5.74) is 2.56. The SMILES string of the molecule is Cc1ccc(NC(=O)[C@@H]2C[C@@]3(CO2)CN(S(C)(=O)=O)c2ccccc23)cn1. The molecule has 142 valence electrons. The first-order valence-corrected chi connectivity index (χ1v) is 10.6. The second-order valence-electron chi connectivity index (χ2n) is 7.25. The lowest BCUT2D eigenvalue weighted by molar-refractivity contribution is -0.124. The first-order chi connectivity index (χ1) is 12.8. The van der Waals surface area contributed by atoms with Crippen LogP contribution in [0.2, 0.25) is 0 Å². The first kappa shape index (κ1) is 17.9. The molecule has 4 rings (SSSR count). The normalized spacial score (nSPS) is 24.2. The Morgan fingerprint density at radius 1 is 1.30 bits per heavy atom. The highest BCUT2D eigenvalue weighted by atomic mass is 32.2. The van der Waals surface area contributed by atoms with Gasteiger partial charge in [0.25, 0.3) is 5.91 Å². The van der Waals surface area contributed by atoms with Gasteiger partial charge in [-0.3, -0.25) is 14.1 Å². The van der Waals surface area contributed by atoms with E-state index < -0.39 is 21.5 Å². The number of para-hydroxylation sites is 1. The van der Waals surface area contributed by atoms with Gasteiger partial charge >= 0.3 is 0 Å². The van der Waals surface area contributed by atoms with Crippen molar-refractivity contribution in [3.63, 3.8) is 0 Å². The number of nitrogens with one attached hydrogen (secondary N) is 1. The minimum atomic E-state index is -3.40. The highest BCUT2D eigenvalue weighted by Gasteiger charge is 2.52.